The molecule has 11 rings (SSSR count). The Labute approximate surface area is 340 Å². The van der Waals surface area contributed by atoms with Crippen LogP contribution < -0.4 is 24.3 Å². The minimum Gasteiger partial charge on any atom is -0.504 e. The average Bonchev–Trinajstić information content (AvgIpc) is 3.85. The van der Waals surface area contributed by atoms with E-state index in [4.69, 9.17) is 23.7 Å². The molecule has 2 saturated heterocycles. The molecule has 7 aliphatic rings. The predicted molar refractivity (Wildman–Crippen MR) is 216 cm³/mol. The number of rotatable bonds is 4. The van der Waals surface area contributed by atoms with E-state index in [2.05, 4.69) is 38.3 Å². The highest BCUT2D eigenvalue weighted by molar-refractivity contribution is 7.99. The third-order valence-corrected chi connectivity index (χ3v) is 15.0. The summed E-state index contributed by atoms with van der Waals surface area (Å²) < 4.78 is 31.3. The molecule has 1 unspecified atom stereocenters. The standard InChI is InChI=1S/C44H47N5O8S/c1-6-9-31(51)57-39-22(3)40-41(56-20-55-40)33-29-17-54-18-30(50)44(43-25(12-13-46-44)24-10-7-8-11-26(24)47-43)19-58-42(34(33)39)36-35-32-23(14-21(2)38(53-5)37(32)52)15-27(48(35)4)28(16-45)49(29)36/h7-8,10-11,14,27-29,35-36,42,46-47,52H,6,9,12-13,15,17-20H2,1-5H3/t27-,28-,29-,35+,36?,42+,44-/m0/s1. The van der Waals surface area contributed by atoms with E-state index in [1.165, 1.54) is 0 Å². The van der Waals surface area contributed by atoms with Gasteiger partial charge >= 0.3 is 5.97 Å². The van der Waals surface area contributed by atoms with Crippen LogP contribution in [0.5, 0.6) is 28.7 Å². The first kappa shape index (κ1) is 37.5. The quantitative estimate of drug-likeness (QED) is 0.174. The van der Waals surface area contributed by atoms with Gasteiger partial charge in [-0.25, -0.2) is 0 Å². The zero-order valence-corrected chi connectivity index (χ0v) is 34.1. The van der Waals surface area contributed by atoms with Crippen LogP contribution in [0.1, 0.15) is 81.7 Å². The predicted octanol–water partition coefficient (Wildman–Crippen LogP) is 5.58. The number of likely N-dealkylation sites (N-methyl/N-ethyl adjacent to an activating group) is 1. The molecular formula is C44H47N5O8S. The van der Waals surface area contributed by atoms with E-state index < -0.39 is 35.0 Å². The number of carbonyl (C=O) groups excluding carboxylic acids is 2. The summed E-state index contributed by atoms with van der Waals surface area (Å²) in [5.74, 6) is 1.76. The Kier molecular flexibility index (Phi) is 8.99. The van der Waals surface area contributed by atoms with E-state index in [-0.39, 0.29) is 55.7 Å². The molecule has 4 bridgehead atoms. The number of methoxy groups -OCH3 is 1. The lowest BCUT2D eigenvalue weighted by atomic mass is 9.71. The van der Waals surface area contributed by atoms with E-state index in [0.29, 0.717) is 47.9 Å². The second-order valence-electron chi connectivity index (χ2n) is 16.4. The number of benzene rings is 3. The summed E-state index contributed by atoms with van der Waals surface area (Å²) in [4.78, 5) is 36.7. The van der Waals surface area contributed by atoms with Gasteiger partial charge < -0.3 is 33.8 Å². The fourth-order valence-electron chi connectivity index (χ4n) is 11.0. The molecule has 7 atom stereocenters. The summed E-state index contributed by atoms with van der Waals surface area (Å²) in [5.41, 5.74) is 6.43. The Bertz CT molecular complexity index is 2440. The number of H-pyrrole nitrogens is 1. The van der Waals surface area contributed by atoms with Crippen molar-refractivity contribution in [2.24, 2.45) is 0 Å². The van der Waals surface area contributed by atoms with Gasteiger partial charge in [-0.3, -0.25) is 24.7 Å². The number of ketones is 1. The number of phenolic OH excluding ortho intramolecular Hbond substituents is 1. The van der Waals surface area contributed by atoms with Crippen molar-refractivity contribution in [1.29, 1.82) is 5.26 Å². The second kappa shape index (κ2) is 13.9. The molecule has 2 fully saturated rings. The number of nitriles is 1. The van der Waals surface area contributed by atoms with Crippen molar-refractivity contribution in [3.05, 3.63) is 75.0 Å². The number of aryl methyl sites for hydroxylation is 1. The lowest BCUT2D eigenvalue weighted by Crippen LogP contribution is -2.69. The summed E-state index contributed by atoms with van der Waals surface area (Å²) >= 11 is 1.60. The third-order valence-electron chi connectivity index (χ3n) is 13.5. The number of nitrogens with one attached hydrogen (secondary N) is 2. The number of aromatic hydroxyl groups is 1. The normalized spacial score (nSPS) is 28.6. The molecule has 0 saturated carbocycles. The monoisotopic (exact) mass is 805 g/mol. The number of Topliss-reactive ketones (excluding diaryl/α,β-unsaturated/α-hetero) is 1. The van der Waals surface area contributed by atoms with E-state index in [9.17, 15) is 20.0 Å². The molecule has 14 heteroatoms. The summed E-state index contributed by atoms with van der Waals surface area (Å²) in [5, 5.41) is 27.7. The highest BCUT2D eigenvalue weighted by atomic mass is 32.2. The number of hydrogen-bond donors (Lipinski definition) is 3. The van der Waals surface area contributed by atoms with E-state index in [1.807, 2.05) is 46.0 Å². The number of phenols is 1. The molecule has 302 valence electrons. The molecule has 1 aromatic heterocycles. The number of ether oxygens (including phenoxy) is 5. The smallest absolute Gasteiger partial charge is 0.311 e. The van der Waals surface area contributed by atoms with Crippen LogP contribution in [0, 0.1) is 25.2 Å². The number of aromatic nitrogens is 1. The van der Waals surface area contributed by atoms with Crippen molar-refractivity contribution in [3.63, 3.8) is 0 Å². The number of carbonyl (C=O) groups is 2. The molecule has 8 heterocycles. The van der Waals surface area contributed by atoms with E-state index in [0.717, 1.165) is 56.4 Å². The van der Waals surface area contributed by atoms with E-state index >= 15 is 0 Å². The van der Waals surface area contributed by atoms with Crippen molar-refractivity contribution < 1.29 is 38.4 Å². The minimum absolute atomic E-state index is 0.0193. The van der Waals surface area contributed by atoms with Gasteiger partial charge in [0.15, 0.2) is 28.8 Å². The number of piperazine rings is 1. The SMILES string of the molecule is CCCC(=O)Oc1c(C)c2c(c3c1[C@H]1SC[C@]4(NCCc5c4[nH]c4ccccc54)C(=O)COC[C@@H]3N3C1[C@H]1c4c(cc(C)c(OC)c4O)C[C@@H]([C@@H]3C#N)N1C)OCO2. The summed E-state index contributed by atoms with van der Waals surface area (Å²) in [7, 11) is 3.60. The van der Waals surface area contributed by atoms with Gasteiger partial charge in [0.05, 0.1) is 37.1 Å². The highest BCUT2D eigenvalue weighted by Crippen LogP contribution is 2.64. The third kappa shape index (κ3) is 5.16. The molecule has 0 amide bonds. The Morgan fingerprint density at radius 2 is 1.97 bits per heavy atom. The second-order valence-corrected chi connectivity index (χ2v) is 17.5. The molecule has 3 aromatic carbocycles. The first-order chi connectivity index (χ1) is 28.1. The summed E-state index contributed by atoms with van der Waals surface area (Å²) in [6.07, 6.45) is 2.10. The van der Waals surface area contributed by atoms with Crippen LogP contribution in [0.2, 0.25) is 0 Å². The lowest BCUT2D eigenvalue weighted by Gasteiger charge is -2.61. The molecule has 3 N–H and O–H groups in total. The minimum atomic E-state index is -1.15. The number of nitrogens with zero attached hydrogens (tertiary/aromatic N) is 3. The van der Waals surface area contributed by atoms with Crippen molar-refractivity contribution in [1.82, 2.24) is 20.1 Å². The van der Waals surface area contributed by atoms with Gasteiger partial charge in [-0.1, -0.05) is 31.2 Å². The number of hydrogen-bond acceptors (Lipinski definition) is 13. The van der Waals surface area contributed by atoms with E-state index in [1.54, 1.807) is 18.9 Å². The number of thioether (sulfide) groups is 1. The van der Waals surface area contributed by atoms with Gasteiger partial charge in [0, 0.05) is 69.7 Å². The topological polar surface area (TPSA) is 159 Å². The van der Waals surface area contributed by atoms with Crippen LogP contribution in [0.4, 0.5) is 0 Å². The van der Waals surface area contributed by atoms with Gasteiger partial charge in [0.2, 0.25) is 6.79 Å². The fraction of sp³-hybridized carbons (Fsp3) is 0.477. The van der Waals surface area contributed by atoms with Gasteiger partial charge in [-0.2, -0.15) is 5.26 Å². The molecule has 13 nitrogen and oxygen atoms in total. The number of para-hydroxylation sites is 1. The van der Waals surface area contributed by atoms with Crippen LogP contribution in [-0.2, 0) is 32.7 Å². The van der Waals surface area contributed by atoms with Gasteiger partial charge in [0.1, 0.15) is 23.9 Å². The van der Waals surface area contributed by atoms with Crippen LogP contribution >= 0.6 is 11.8 Å². The fourth-order valence-corrected chi connectivity index (χ4v) is 12.7. The maximum Gasteiger partial charge on any atom is 0.311 e. The Balaban J connectivity index is 1.26. The van der Waals surface area contributed by atoms with Gasteiger partial charge in [-0.15, -0.1) is 11.8 Å². The number of aromatic amines is 1. The maximum absolute atomic E-state index is 14.9. The van der Waals surface area contributed by atoms with Crippen LogP contribution in [0.3, 0.4) is 0 Å². The molecule has 58 heavy (non-hydrogen) atoms. The van der Waals surface area contributed by atoms with Crippen LogP contribution in [0.25, 0.3) is 10.9 Å². The molecule has 4 aromatic rings. The first-order valence-corrected chi connectivity index (χ1v) is 21.2. The lowest BCUT2D eigenvalue weighted by molar-refractivity contribution is -0.135. The molecule has 0 aliphatic carbocycles. The molecule has 0 radical (unpaired) electrons. The van der Waals surface area contributed by atoms with Crippen molar-refractivity contribution in [2.75, 3.05) is 46.5 Å². The average molecular weight is 806 g/mol. The Hall–Kier alpha value is -4.78. The van der Waals surface area contributed by atoms with Crippen molar-refractivity contribution in [3.8, 4) is 34.8 Å². The summed E-state index contributed by atoms with van der Waals surface area (Å²) in [6.45, 7) is 6.19. The Morgan fingerprint density at radius 1 is 1.16 bits per heavy atom. The maximum atomic E-state index is 14.9. The molecule has 1 spiro atoms. The van der Waals surface area contributed by atoms with Gasteiger partial charge in [-0.05, 0) is 62.9 Å². The summed E-state index contributed by atoms with van der Waals surface area (Å²) in [6, 6.07) is 10.5. The largest absolute Gasteiger partial charge is 0.504 e. The van der Waals surface area contributed by atoms with Crippen LogP contribution in [0.15, 0.2) is 30.3 Å². The molecular weight excluding hydrogens is 759 g/mol. The zero-order valence-electron chi connectivity index (χ0n) is 33.3. The zero-order chi connectivity index (χ0) is 40.2. The number of fused-ring (bicyclic) bond motifs is 12. The van der Waals surface area contributed by atoms with Gasteiger partial charge in [0.25, 0.3) is 0 Å². The Morgan fingerprint density at radius 3 is 2.76 bits per heavy atom. The van der Waals surface area contributed by atoms with Crippen molar-refractivity contribution >= 4 is 34.4 Å². The van der Waals surface area contributed by atoms with Crippen LogP contribution in [-0.4, -0.2) is 96.2 Å². The highest BCUT2D eigenvalue weighted by Gasteiger charge is 2.61. The molecule has 7 aliphatic heterocycles. The first-order valence-electron chi connectivity index (χ1n) is 20.2. The van der Waals surface area contributed by atoms with Crippen molar-refractivity contribution in [2.45, 2.75) is 87.5 Å². The number of esters is 1.